The SMILES string of the molecule is Cc1cc(C(=O)O)cc(C)c1OC(=O)c1c2ccccc2[n+](C)c2cc(/C(=C/c3ccc(O)cc3)OP(=O)(O)O)ccc12.Cc1cc(C(=O)O)cc(C)c1OC(=O)c1c2ccccc2[n+](C)c2cc(C(=O)Cc3ccc(O)cc3)ccc12.O=S(=O)([O-])C(F)(F)F.O=S(=O)([O-])C(F)(F)F. The minimum absolute atomic E-state index is 0.0295. The van der Waals surface area contributed by atoms with Gasteiger partial charge in [-0.05, 0) is 140 Å². The number of carboxylic acid groups (broad SMARTS) is 2. The third-order valence-electron chi connectivity index (χ3n) is 14.4. The maximum absolute atomic E-state index is 13.8. The van der Waals surface area contributed by atoms with Crippen LogP contribution in [0.1, 0.15) is 90.7 Å². The summed E-state index contributed by atoms with van der Waals surface area (Å²) in [7, 11) is -13.5. The molecule has 23 nitrogen and oxygen atoms in total. The molecule has 0 spiro atoms. The van der Waals surface area contributed by atoms with Gasteiger partial charge in [-0.2, -0.15) is 35.5 Å². The lowest BCUT2D eigenvalue weighted by atomic mass is 9.97. The highest BCUT2D eigenvalue weighted by Gasteiger charge is 2.38. The Hall–Kier alpha value is -10.7. The van der Waals surface area contributed by atoms with Crippen molar-refractivity contribution in [2.24, 2.45) is 14.1 Å². The van der Waals surface area contributed by atoms with Crippen molar-refractivity contribution in [1.82, 2.24) is 0 Å². The number of aromatic carboxylic acids is 2. The molecule has 10 rings (SSSR count). The Morgan fingerprint density at radius 3 is 1.19 bits per heavy atom. The molecule has 0 atom stereocenters. The molecule has 8 aromatic carbocycles. The summed E-state index contributed by atoms with van der Waals surface area (Å²) in [5.41, 5.74) is -3.58. The van der Waals surface area contributed by atoms with Gasteiger partial charge in [0.25, 0.3) is 0 Å². The number of carbonyl (C=O) groups excluding carboxylic acids is 3. The predicted molar refractivity (Wildman–Crippen MR) is 338 cm³/mol. The zero-order chi connectivity index (χ0) is 72.9. The average Bonchev–Trinajstić information content (AvgIpc) is 0.751. The average molecular weight is 1420 g/mol. The van der Waals surface area contributed by atoms with Crippen LogP contribution in [0, 0.1) is 27.7 Å². The number of benzene rings is 8. The molecule has 0 saturated carbocycles. The fourth-order valence-corrected chi connectivity index (χ4v) is 10.4. The van der Waals surface area contributed by atoms with Crippen molar-refractivity contribution in [2.75, 3.05) is 0 Å². The lowest BCUT2D eigenvalue weighted by Crippen LogP contribution is -2.32. The van der Waals surface area contributed by atoms with E-state index in [1.807, 2.05) is 52.6 Å². The number of carboxylic acids is 2. The fraction of sp³-hybridized carbons (Fsp3) is 0.136. The molecule has 0 amide bonds. The summed E-state index contributed by atoms with van der Waals surface area (Å²) in [5, 5.41) is 40.3. The lowest BCUT2D eigenvalue weighted by molar-refractivity contribution is -0.617. The molecule has 2 heterocycles. The van der Waals surface area contributed by atoms with E-state index in [1.165, 1.54) is 42.5 Å². The number of rotatable bonds is 13. The normalized spacial score (nSPS) is 11.9. The number of aryl methyl sites for hydroxylation is 6. The van der Waals surface area contributed by atoms with E-state index in [9.17, 15) is 85.1 Å². The van der Waals surface area contributed by atoms with Crippen molar-refractivity contribution < 1.29 is 134 Å². The number of hydrogen-bond donors (Lipinski definition) is 6. The Morgan fingerprint density at radius 1 is 0.500 bits per heavy atom. The number of phenols is 2. The number of Topliss-reactive ketones (excluding diaryl/α,β-unsaturated/α-hetero) is 1. The van der Waals surface area contributed by atoms with Gasteiger partial charge in [-0.1, -0.05) is 60.7 Å². The lowest BCUT2D eigenvalue weighted by Gasteiger charge is -2.15. The first kappa shape index (κ1) is 74.7. The van der Waals surface area contributed by atoms with E-state index in [0.717, 1.165) is 11.1 Å². The number of phosphoric ester groups is 1. The van der Waals surface area contributed by atoms with Gasteiger partial charge in [0.2, 0.25) is 22.1 Å². The van der Waals surface area contributed by atoms with Crippen molar-refractivity contribution in [3.05, 3.63) is 224 Å². The summed E-state index contributed by atoms with van der Waals surface area (Å²) in [4.78, 5) is 82.9. The molecule has 32 heteroatoms. The highest BCUT2D eigenvalue weighted by atomic mass is 32.2. The van der Waals surface area contributed by atoms with Crippen molar-refractivity contribution in [1.29, 1.82) is 0 Å². The summed E-state index contributed by atoms with van der Waals surface area (Å²) in [6, 6.07) is 43.2. The van der Waals surface area contributed by atoms with Crippen LogP contribution in [0.15, 0.2) is 158 Å². The number of phenolic OH excluding ortho intramolecular Hbond substituents is 2. The van der Waals surface area contributed by atoms with Crippen LogP contribution < -0.4 is 18.6 Å². The largest absolute Gasteiger partial charge is 0.741 e. The molecule has 0 fully saturated rings. The fourth-order valence-electron chi connectivity index (χ4n) is 9.98. The van der Waals surface area contributed by atoms with Gasteiger partial charge in [0.1, 0.15) is 42.9 Å². The van der Waals surface area contributed by atoms with Gasteiger partial charge >= 0.3 is 42.7 Å². The molecule has 0 bridgehead atoms. The molecule has 512 valence electrons. The summed E-state index contributed by atoms with van der Waals surface area (Å²) in [5.74, 6) is -2.85. The van der Waals surface area contributed by atoms with E-state index in [2.05, 4.69) is 0 Å². The molecule has 98 heavy (non-hydrogen) atoms. The van der Waals surface area contributed by atoms with Crippen molar-refractivity contribution in [3.8, 4) is 23.0 Å². The van der Waals surface area contributed by atoms with Gasteiger partial charge in [0, 0.05) is 41.8 Å². The number of hydrogen-bond acceptors (Lipinski definition) is 17. The van der Waals surface area contributed by atoms with Crippen LogP contribution in [-0.2, 0) is 49.8 Å². The number of para-hydroxylation sites is 2. The van der Waals surface area contributed by atoms with E-state index < -0.39 is 63.0 Å². The molecular weight excluding hydrogens is 1370 g/mol. The molecule has 0 aliphatic heterocycles. The topological polar surface area (TPSA) is 374 Å². The quantitative estimate of drug-likeness (QED) is 0.00534. The Bertz CT molecular complexity index is 5090. The van der Waals surface area contributed by atoms with E-state index in [-0.39, 0.29) is 51.9 Å². The predicted octanol–water partition coefficient (Wildman–Crippen LogP) is 11.3. The number of pyridine rings is 2. The highest BCUT2D eigenvalue weighted by molar-refractivity contribution is 7.86. The van der Waals surface area contributed by atoms with E-state index in [4.69, 9.17) is 39.9 Å². The van der Waals surface area contributed by atoms with E-state index >= 15 is 0 Å². The van der Waals surface area contributed by atoms with E-state index in [0.29, 0.717) is 88.4 Å². The van der Waals surface area contributed by atoms with Crippen LogP contribution in [0.2, 0.25) is 0 Å². The first-order valence-electron chi connectivity index (χ1n) is 27.9. The van der Waals surface area contributed by atoms with Crippen molar-refractivity contribution in [2.45, 2.75) is 45.1 Å². The molecule has 0 radical (unpaired) electrons. The molecule has 10 aromatic rings. The van der Waals surface area contributed by atoms with Gasteiger partial charge in [-0.3, -0.25) is 14.6 Å². The van der Waals surface area contributed by atoms with Gasteiger partial charge in [0.05, 0.1) is 43.8 Å². The Kier molecular flexibility index (Phi) is 22.4. The second kappa shape index (κ2) is 29.4. The summed E-state index contributed by atoms with van der Waals surface area (Å²) in [6.45, 7) is 6.74. The monoisotopic (exact) mass is 1420 g/mol. The zero-order valence-corrected chi connectivity index (χ0v) is 54.1. The van der Waals surface area contributed by atoms with Crippen LogP contribution in [0.3, 0.4) is 0 Å². The maximum atomic E-state index is 13.8. The second-order valence-electron chi connectivity index (χ2n) is 21.4. The highest BCUT2D eigenvalue weighted by Crippen LogP contribution is 2.43. The molecule has 6 N–H and O–H groups in total. The number of halogens is 6. The number of ether oxygens (including phenoxy) is 2. The van der Waals surface area contributed by atoms with Crippen LogP contribution >= 0.6 is 7.82 Å². The number of carbonyl (C=O) groups is 5. The standard InChI is InChI=1S/C32H26NO9P.C32H25NO6.2CHF3O3S/c1-18-14-22(31(35)36)15-19(2)30(18)41-32(37)29-24-6-4-5-7-26(24)33(3)27-17-21(10-13-25(27)29)28(42-43(38,39)40)16-20-8-11-23(34)12-9-20;1-18-14-22(31(36)37)15-19(2)30(18)39-32(38)29-24-6-4-5-7-26(24)33(3)27-17-21(10-13-25(27)29)28(35)16-20-8-11-23(34)12-9-20;2*2-1(3,4)8(5,6)7/h4-17H,1-3H3,(H3,35,36,38,39,40);4-15,17H,16H2,1-3H3,(H-,34,36,37);2*(H,5,6,7). The maximum Gasteiger partial charge on any atom is 0.524 e. The second-order valence-corrected chi connectivity index (χ2v) is 25.3. The summed E-state index contributed by atoms with van der Waals surface area (Å²) >= 11 is 0. The molecule has 0 saturated heterocycles. The molecular formula is C66H53F6N2O21PS2. The number of ketones is 1. The number of aromatic nitrogens is 2. The Labute approximate surface area is 551 Å². The van der Waals surface area contributed by atoms with E-state index in [1.54, 1.807) is 120 Å². The smallest absolute Gasteiger partial charge is 0.524 e. The molecule has 2 aromatic heterocycles. The van der Waals surface area contributed by atoms with Gasteiger partial charge in [0.15, 0.2) is 26.0 Å². The first-order chi connectivity index (χ1) is 45.5. The van der Waals surface area contributed by atoms with Gasteiger partial charge in [-0.25, -0.2) is 40.6 Å². The van der Waals surface area contributed by atoms with Gasteiger partial charge in [-0.15, -0.1) is 0 Å². The summed E-state index contributed by atoms with van der Waals surface area (Å²) in [6.07, 6.45) is 1.60. The molecule has 0 aliphatic rings. The minimum Gasteiger partial charge on any atom is -0.741 e. The van der Waals surface area contributed by atoms with Crippen LogP contribution in [0.25, 0.3) is 55.4 Å². The number of aromatic hydroxyl groups is 2. The Morgan fingerprint density at radius 2 is 0.837 bits per heavy atom. The van der Waals surface area contributed by atoms with Gasteiger partial charge < -0.3 is 43.5 Å². The number of esters is 2. The number of alkyl halides is 6. The van der Waals surface area contributed by atoms with Crippen molar-refractivity contribution in [3.63, 3.8) is 0 Å². The number of nitrogens with zero attached hydrogens (tertiary/aromatic N) is 2. The number of fused-ring (bicyclic) bond motifs is 4. The van der Waals surface area contributed by atoms with Crippen LogP contribution in [0.5, 0.6) is 23.0 Å². The zero-order valence-electron chi connectivity index (χ0n) is 51.5. The third-order valence-corrected chi connectivity index (χ3v) is 16.0. The molecule has 0 unspecified atom stereocenters. The summed E-state index contributed by atoms with van der Waals surface area (Å²) < 4.78 is 150. The third kappa shape index (κ3) is 17.9. The van der Waals surface area contributed by atoms with Crippen LogP contribution in [-0.4, -0.2) is 96.8 Å². The molecule has 0 aliphatic carbocycles. The van der Waals surface area contributed by atoms with Crippen LogP contribution in [0.4, 0.5) is 26.3 Å². The number of phosphoric acid groups is 1. The first-order valence-corrected chi connectivity index (χ1v) is 32.2. The van der Waals surface area contributed by atoms with Crippen molar-refractivity contribution >= 4 is 113 Å². The minimum atomic E-state index is -6.09. The Balaban J connectivity index is 0.000000226.